The summed E-state index contributed by atoms with van der Waals surface area (Å²) in [5.41, 5.74) is 5.64. The quantitative estimate of drug-likeness (QED) is 0.835. The van der Waals surface area contributed by atoms with Crippen molar-refractivity contribution in [1.29, 1.82) is 0 Å². The Morgan fingerprint density at radius 1 is 1.20 bits per heavy atom. The third-order valence-electron chi connectivity index (χ3n) is 3.96. The summed E-state index contributed by atoms with van der Waals surface area (Å²) in [5, 5.41) is 0. The summed E-state index contributed by atoms with van der Waals surface area (Å²) < 4.78 is 1.03. The first kappa shape index (κ1) is 13.6. The van der Waals surface area contributed by atoms with Gasteiger partial charge < -0.3 is 4.90 Å². The van der Waals surface area contributed by atoms with Gasteiger partial charge in [0.05, 0.1) is 0 Å². The molecule has 0 saturated heterocycles. The van der Waals surface area contributed by atoms with E-state index in [2.05, 4.69) is 64.1 Å². The highest BCUT2D eigenvalue weighted by atomic mass is 79.9. The largest absolute Gasteiger partial charge is 0.355 e. The second-order valence-electron chi connectivity index (χ2n) is 5.61. The molecule has 0 fully saturated rings. The van der Waals surface area contributed by atoms with Crippen molar-refractivity contribution in [3.05, 3.63) is 57.2 Å². The molecule has 0 saturated carbocycles. The molecule has 0 unspecified atom stereocenters. The number of pyridine rings is 1. The summed E-state index contributed by atoms with van der Waals surface area (Å²) in [4.78, 5) is 6.75. The van der Waals surface area contributed by atoms with E-state index in [1.165, 1.54) is 41.5 Å². The lowest BCUT2D eigenvalue weighted by atomic mass is 10.1. The van der Waals surface area contributed by atoms with E-state index in [0.717, 1.165) is 16.8 Å². The molecule has 1 aromatic heterocycles. The lowest BCUT2D eigenvalue weighted by Crippen LogP contribution is -2.18. The normalized spacial score (nSPS) is 13.3. The number of hydrogen-bond acceptors (Lipinski definition) is 2. The smallest absolute Gasteiger partial charge is 0.131 e. The zero-order valence-electron chi connectivity index (χ0n) is 12.0. The number of anilines is 1. The van der Waals surface area contributed by atoms with Gasteiger partial charge in [0.2, 0.25) is 0 Å². The van der Waals surface area contributed by atoms with E-state index in [1.54, 1.807) is 0 Å². The minimum absolute atomic E-state index is 0.906. The van der Waals surface area contributed by atoms with Crippen LogP contribution >= 0.6 is 15.9 Å². The van der Waals surface area contributed by atoms with E-state index in [0.29, 0.717) is 0 Å². The van der Waals surface area contributed by atoms with E-state index < -0.39 is 0 Å². The molecule has 0 spiro atoms. The maximum Gasteiger partial charge on any atom is 0.131 e. The fourth-order valence-electron chi connectivity index (χ4n) is 3.01. The molecule has 0 aliphatic heterocycles. The van der Waals surface area contributed by atoms with Crippen LogP contribution in [0.5, 0.6) is 0 Å². The number of aryl methyl sites for hydroxylation is 3. The molecule has 2 aromatic rings. The van der Waals surface area contributed by atoms with Gasteiger partial charge in [0, 0.05) is 24.3 Å². The minimum atomic E-state index is 0.906. The van der Waals surface area contributed by atoms with Crippen LogP contribution in [0.1, 0.15) is 28.7 Å². The van der Waals surface area contributed by atoms with Crippen molar-refractivity contribution in [2.45, 2.75) is 32.7 Å². The van der Waals surface area contributed by atoms with Crippen molar-refractivity contribution < 1.29 is 0 Å². The fourth-order valence-corrected chi connectivity index (χ4v) is 3.45. The molecule has 20 heavy (non-hydrogen) atoms. The van der Waals surface area contributed by atoms with Gasteiger partial charge in [0.25, 0.3) is 0 Å². The van der Waals surface area contributed by atoms with Crippen LogP contribution in [-0.2, 0) is 19.4 Å². The molecule has 3 heteroatoms. The van der Waals surface area contributed by atoms with Gasteiger partial charge in [-0.15, -0.1) is 0 Å². The van der Waals surface area contributed by atoms with Crippen LogP contribution in [0.4, 0.5) is 5.82 Å². The van der Waals surface area contributed by atoms with E-state index in [1.807, 2.05) is 6.20 Å². The van der Waals surface area contributed by atoms with Gasteiger partial charge in [-0.3, -0.25) is 0 Å². The molecule has 3 rings (SSSR count). The number of halogens is 1. The molecule has 104 valence electrons. The van der Waals surface area contributed by atoms with Crippen LogP contribution in [-0.4, -0.2) is 12.0 Å². The highest BCUT2D eigenvalue weighted by molar-refractivity contribution is 9.10. The molecule has 0 N–H and O–H groups in total. The van der Waals surface area contributed by atoms with Crippen LogP contribution in [0.15, 0.2) is 34.9 Å². The Kier molecular flexibility index (Phi) is 3.79. The molecule has 0 atom stereocenters. The van der Waals surface area contributed by atoms with Crippen LogP contribution < -0.4 is 4.90 Å². The van der Waals surface area contributed by atoms with Crippen LogP contribution in [0.2, 0.25) is 0 Å². The topological polar surface area (TPSA) is 16.1 Å². The number of fused-ring (bicyclic) bond motifs is 1. The van der Waals surface area contributed by atoms with Crippen molar-refractivity contribution in [3.63, 3.8) is 0 Å². The summed E-state index contributed by atoms with van der Waals surface area (Å²) in [6.45, 7) is 3.01. The third kappa shape index (κ3) is 2.73. The first-order valence-corrected chi connectivity index (χ1v) is 7.87. The molecule has 1 aliphatic carbocycles. The third-order valence-corrected chi connectivity index (χ3v) is 4.40. The monoisotopic (exact) mass is 330 g/mol. The summed E-state index contributed by atoms with van der Waals surface area (Å²) in [5.74, 6) is 1.05. The Morgan fingerprint density at radius 3 is 2.80 bits per heavy atom. The van der Waals surface area contributed by atoms with E-state index in [-0.39, 0.29) is 0 Å². The number of rotatable bonds is 3. The second-order valence-corrected chi connectivity index (χ2v) is 6.52. The molecule has 0 amide bonds. The second kappa shape index (κ2) is 5.57. The zero-order valence-corrected chi connectivity index (χ0v) is 13.6. The zero-order chi connectivity index (χ0) is 14.1. The Balaban J connectivity index is 1.80. The van der Waals surface area contributed by atoms with Gasteiger partial charge in [0.15, 0.2) is 0 Å². The minimum Gasteiger partial charge on any atom is -0.355 e. The van der Waals surface area contributed by atoms with Crippen molar-refractivity contribution in [1.82, 2.24) is 4.98 Å². The Labute approximate surface area is 129 Å². The Morgan fingerprint density at radius 2 is 2.00 bits per heavy atom. The average molecular weight is 331 g/mol. The predicted molar refractivity (Wildman–Crippen MR) is 87.2 cm³/mol. The summed E-state index contributed by atoms with van der Waals surface area (Å²) in [6.07, 6.45) is 5.66. The van der Waals surface area contributed by atoms with Crippen molar-refractivity contribution >= 4 is 21.7 Å². The Bertz CT molecular complexity index is 637. The molecular formula is C17H19BrN2. The summed E-state index contributed by atoms with van der Waals surface area (Å²) >= 11 is 3.46. The molecule has 0 bridgehead atoms. The number of aromatic nitrogens is 1. The van der Waals surface area contributed by atoms with Gasteiger partial charge in [-0.05, 0) is 70.4 Å². The summed E-state index contributed by atoms with van der Waals surface area (Å²) in [6, 6.07) is 9.04. The van der Waals surface area contributed by atoms with Crippen LogP contribution in [0, 0.1) is 6.92 Å². The number of hydrogen-bond donors (Lipinski definition) is 0. The van der Waals surface area contributed by atoms with E-state index >= 15 is 0 Å². The molecule has 1 aromatic carbocycles. The van der Waals surface area contributed by atoms with Gasteiger partial charge in [-0.1, -0.05) is 18.2 Å². The first-order valence-electron chi connectivity index (χ1n) is 7.07. The van der Waals surface area contributed by atoms with Crippen molar-refractivity contribution in [2.24, 2.45) is 0 Å². The van der Waals surface area contributed by atoms with Crippen molar-refractivity contribution in [2.75, 3.05) is 11.9 Å². The van der Waals surface area contributed by atoms with E-state index in [9.17, 15) is 0 Å². The Hall–Kier alpha value is -1.35. The standard InChI is InChI=1S/C17H19BrN2/c1-12-8-16(18)10-19-17(12)20(2)11-13-6-7-14-4-3-5-15(14)9-13/h6-10H,3-5,11H2,1-2H3. The molecule has 0 radical (unpaired) electrons. The fraction of sp³-hybridized carbons (Fsp3) is 0.353. The van der Waals surface area contributed by atoms with Gasteiger partial charge in [-0.2, -0.15) is 0 Å². The maximum absolute atomic E-state index is 4.53. The SMILES string of the molecule is Cc1cc(Br)cnc1N(C)Cc1ccc2c(c1)CCC2. The number of benzene rings is 1. The molecule has 1 heterocycles. The van der Waals surface area contributed by atoms with Crippen LogP contribution in [0.25, 0.3) is 0 Å². The number of nitrogens with zero attached hydrogens (tertiary/aromatic N) is 2. The predicted octanol–water partition coefficient (Wildman–Crippen LogP) is 4.28. The summed E-state index contributed by atoms with van der Waals surface area (Å²) in [7, 11) is 2.11. The van der Waals surface area contributed by atoms with Gasteiger partial charge in [-0.25, -0.2) is 4.98 Å². The maximum atomic E-state index is 4.53. The highest BCUT2D eigenvalue weighted by Crippen LogP contribution is 2.25. The van der Waals surface area contributed by atoms with Gasteiger partial charge >= 0.3 is 0 Å². The first-order chi connectivity index (χ1) is 9.63. The molecule has 1 aliphatic rings. The molecular weight excluding hydrogens is 312 g/mol. The average Bonchev–Trinajstić information content (AvgIpc) is 2.85. The van der Waals surface area contributed by atoms with E-state index in [4.69, 9.17) is 0 Å². The highest BCUT2D eigenvalue weighted by Gasteiger charge is 2.12. The lowest BCUT2D eigenvalue weighted by molar-refractivity contribution is 0.886. The molecule has 2 nitrogen and oxygen atoms in total. The van der Waals surface area contributed by atoms with Crippen LogP contribution in [0.3, 0.4) is 0 Å². The van der Waals surface area contributed by atoms with Crippen molar-refractivity contribution in [3.8, 4) is 0 Å². The van der Waals surface area contributed by atoms with Gasteiger partial charge in [0.1, 0.15) is 5.82 Å². The lowest BCUT2D eigenvalue weighted by Gasteiger charge is -2.20.